The maximum absolute atomic E-state index is 12.6. The Kier molecular flexibility index (Phi) is 5.16. The lowest BCUT2D eigenvalue weighted by molar-refractivity contribution is 0.116. The van der Waals surface area contributed by atoms with Crippen molar-refractivity contribution in [1.29, 1.82) is 0 Å². The van der Waals surface area contributed by atoms with Crippen LogP contribution in [0.2, 0.25) is 0 Å². The number of hydrogen-bond donors (Lipinski definition) is 0. The highest BCUT2D eigenvalue weighted by Crippen LogP contribution is 2.29. The Hall–Kier alpha value is -2.95. The van der Waals surface area contributed by atoms with Gasteiger partial charge in [0.15, 0.2) is 0 Å². The summed E-state index contributed by atoms with van der Waals surface area (Å²) in [6.45, 7) is 0.184. The number of hydrogen-bond acceptors (Lipinski definition) is 7. The molecule has 3 heterocycles. The summed E-state index contributed by atoms with van der Waals surface area (Å²) in [4.78, 5) is 24.1. The SMILES string of the molecule is CN(C)C(=O)N(Cc1ncc(-c2nnc(C(F)F)o2)s1)c1cccnc1. The molecule has 3 aromatic heterocycles. The van der Waals surface area contributed by atoms with E-state index < -0.39 is 12.3 Å². The molecule has 0 atom stereocenters. The molecule has 2 amide bonds. The van der Waals surface area contributed by atoms with E-state index in [0.29, 0.717) is 15.6 Å². The predicted molar refractivity (Wildman–Crippen MR) is 89.9 cm³/mol. The molecule has 3 aromatic rings. The third-order valence-corrected chi connectivity index (χ3v) is 4.23. The van der Waals surface area contributed by atoms with Crippen molar-refractivity contribution >= 4 is 23.1 Å². The molecule has 0 saturated heterocycles. The topological polar surface area (TPSA) is 88.3 Å². The minimum Gasteiger partial charge on any atom is -0.414 e. The van der Waals surface area contributed by atoms with Gasteiger partial charge in [-0.3, -0.25) is 9.88 Å². The number of aromatic nitrogens is 4. The summed E-state index contributed by atoms with van der Waals surface area (Å²) in [5, 5.41) is 7.47. The molecule has 136 valence electrons. The number of anilines is 1. The molecule has 26 heavy (non-hydrogen) atoms. The molecule has 3 rings (SSSR count). The van der Waals surface area contributed by atoms with Gasteiger partial charge in [0.05, 0.1) is 24.6 Å². The number of carbonyl (C=O) groups is 1. The highest BCUT2D eigenvalue weighted by atomic mass is 32.1. The van der Waals surface area contributed by atoms with E-state index in [2.05, 4.69) is 20.2 Å². The molecule has 0 aliphatic carbocycles. The quantitative estimate of drug-likeness (QED) is 0.675. The highest BCUT2D eigenvalue weighted by Gasteiger charge is 2.22. The van der Waals surface area contributed by atoms with E-state index in [1.54, 1.807) is 38.6 Å². The zero-order valence-electron chi connectivity index (χ0n) is 13.8. The first-order chi connectivity index (χ1) is 12.5. The van der Waals surface area contributed by atoms with Gasteiger partial charge in [-0.1, -0.05) is 0 Å². The number of thiazole rings is 1. The van der Waals surface area contributed by atoms with Crippen LogP contribution < -0.4 is 4.90 Å². The van der Waals surface area contributed by atoms with E-state index in [9.17, 15) is 13.6 Å². The van der Waals surface area contributed by atoms with E-state index in [-0.39, 0.29) is 18.5 Å². The second-order valence-electron chi connectivity index (χ2n) is 5.34. The van der Waals surface area contributed by atoms with Crippen LogP contribution in [0.3, 0.4) is 0 Å². The van der Waals surface area contributed by atoms with Crippen LogP contribution in [0.25, 0.3) is 10.8 Å². The van der Waals surface area contributed by atoms with Crippen LogP contribution in [-0.2, 0) is 6.54 Å². The Morgan fingerprint density at radius 2 is 2.12 bits per heavy atom. The van der Waals surface area contributed by atoms with Crippen molar-refractivity contribution in [3.63, 3.8) is 0 Å². The molecule has 0 unspecified atom stereocenters. The second-order valence-corrected chi connectivity index (χ2v) is 6.45. The summed E-state index contributed by atoms with van der Waals surface area (Å²) in [6, 6.07) is 3.24. The maximum Gasteiger partial charge on any atom is 0.324 e. The Morgan fingerprint density at radius 1 is 1.31 bits per heavy atom. The van der Waals surface area contributed by atoms with Crippen LogP contribution in [0.4, 0.5) is 19.3 Å². The fraction of sp³-hybridized carbons (Fsp3) is 0.267. The number of nitrogens with zero attached hydrogens (tertiary/aromatic N) is 6. The number of rotatable bonds is 5. The molecular formula is C15H14F2N6O2S. The van der Waals surface area contributed by atoms with Crippen molar-refractivity contribution in [3.05, 3.63) is 41.6 Å². The fourth-order valence-corrected chi connectivity index (χ4v) is 2.89. The van der Waals surface area contributed by atoms with Gasteiger partial charge in [0, 0.05) is 20.3 Å². The number of amides is 2. The van der Waals surface area contributed by atoms with Crippen LogP contribution in [0.1, 0.15) is 17.3 Å². The Morgan fingerprint density at radius 3 is 2.73 bits per heavy atom. The van der Waals surface area contributed by atoms with Crippen LogP contribution >= 0.6 is 11.3 Å². The molecule has 0 spiro atoms. The smallest absolute Gasteiger partial charge is 0.324 e. The number of pyridine rings is 1. The zero-order chi connectivity index (χ0) is 18.7. The van der Waals surface area contributed by atoms with Gasteiger partial charge in [-0.2, -0.15) is 8.78 Å². The monoisotopic (exact) mass is 380 g/mol. The van der Waals surface area contributed by atoms with Crippen molar-refractivity contribution < 1.29 is 18.0 Å². The van der Waals surface area contributed by atoms with Gasteiger partial charge in [-0.25, -0.2) is 9.78 Å². The van der Waals surface area contributed by atoms with Crippen molar-refractivity contribution in [1.82, 2.24) is 25.1 Å². The van der Waals surface area contributed by atoms with E-state index in [4.69, 9.17) is 4.42 Å². The van der Waals surface area contributed by atoms with Crippen molar-refractivity contribution in [3.8, 4) is 10.8 Å². The molecule has 0 aromatic carbocycles. The van der Waals surface area contributed by atoms with Gasteiger partial charge in [0.2, 0.25) is 0 Å². The van der Waals surface area contributed by atoms with Gasteiger partial charge in [0.25, 0.3) is 11.8 Å². The van der Waals surface area contributed by atoms with E-state index in [1.165, 1.54) is 27.3 Å². The minimum absolute atomic E-state index is 0.0316. The lowest BCUT2D eigenvalue weighted by Crippen LogP contribution is -2.38. The maximum atomic E-state index is 12.6. The van der Waals surface area contributed by atoms with E-state index >= 15 is 0 Å². The summed E-state index contributed by atoms with van der Waals surface area (Å²) in [7, 11) is 3.28. The number of carbonyl (C=O) groups excluding carboxylic acids is 1. The molecular weight excluding hydrogens is 366 g/mol. The third-order valence-electron chi connectivity index (χ3n) is 3.26. The zero-order valence-corrected chi connectivity index (χ0v) is 14.7. The van der Waals surface area contributed by atoms with Crippen LogP contribution in [0, 0.1) is 0 Å². The van der Waals surface area contributed by atoms with Crippen LogP contribution in [-0.4, -0.2) is 45.2 Å². The summed E-state index contributed by atoms with van der Waals surface area (Å²) in [6.07, 6.45) is 1.80. The normalized spacial score (nSPS) is 11.0. The molecule has 0 saturated carbocycles. The first kappa shape index (κ1) is 17.9. The highest BCUT2D eigenvalue weighted by molar-refractivity contribution is 7.15. The van der Waals surface area contributed by atoms with E-state index in [0.717, 1.165) is 0 Å². The predicted octanol–water partition coefficient (Wildman–Crippen LogP) is 3.21. The lowest BCUT2D eigenvalue weighted by atomic mass is 10.3. The Labute approximate surface area is 151 Å². The first-order valence-electron chi connectivity index (χ1n) is 7.41. The van der Waals surface area contributed by atoms with Gasteiger partial charge in [-0.05, 0) is 12.1 Å². The van der Waals surface area contributed by atoms with Gasteiger partial charge >= 0.3 is 12.5 Å². The van der Waals surface area contributed by atoms with Crippen LogP contribution in [0.5, 0.6) is 0 Å². The first-order valence-corrected chi connectivity index (χ1v) is 8.23. The summed E-state index contributed by atoms with van der Waals surface area (Å²) < 4.78 is 30.0. The molecule has 0 bridgehead atoms. The van der Waals surface area contributed by atoms with Gasteiger partial charge in [-0.15, -0.1) is 21.5 Å². The molecule has 0 radical (unpaired) electrons. The lowest BCUT2D eigenvalue weighted by Gasteiger charge is -2.25. The summed E-state index contributed by atoms with van der Waals surface area (Å²) >= 11 is 1.18. The standard InChI is InChI=1S/C15H14F2N6O2S/c1-22(2)15(24)23(9-4-3-5-18-6-9)8-11-19-7-10(26-11)13-20-21-14(25-13)12(16)17/h3-7,12H,8H2,1-2H3. The molecule has 0 aliphatic heterocycles. The largest absolute Gasteiger partial charge is 0.414 e. The molecule has 0 fully saturated rings. The van der Waals surface area contributed by atoms with Crippen molar-refractivity contribution in [2.45, 2.75) is 13.0 Å². The molecule has 0 aliphatic rings. The number of halogens is 2. The molecule has 0 N–H and O–H groups in total. The number of alkyl halides is 2. The van der Waals surface area contributed by atoms with Crippen LogP contribution in [0.15, 0.2) is 35.1 Å². The Bertz CT molecular complexity index is 883. The Balaban J connectivity index is 1.83. The van der Waals surface area contributed by atoms with Crippen molar-refractivity contribution in [2.75, 3.05) is 19.0 Å². The third kappa shape index (κ3) is 3.82. The summed E-state index contributed by atoms with van der Waals surface area (Å²) in [5.74, 6) is -0.773. The minimum atomic E-state index is -2.83. The van der Waals surface area contributed by atoms with Crippen molar-refractivity contribution in [2.24, 2.45) is 0 Å². The average molecular weight is 380 g/mol. The van der Waals surface area contributed by atoms with E-state index in [1.807, 2.05) is 0 Å². The summed E-state index contributed by atoms with van der Waals surface area (Å²) in [5.41, 5.74) is 0.612. The van der Waals surface area contributed by atoms with Gasteiger partial charge < -0.3 is 9.32 Å². The average Bonchev–Trinajstić information content (AvgIpc) is 3.29. The second kappa shape index (κ2) is 7.52. The fourth-order valence-electron chi connectivity index (χ4n) is 2.06. The molecule has 11 heteroatoms. The molecule has 8 nitrogen and oxygen atoms in total. The number of urea groups is 1. The van der Waals surface area contributed by atoms with Gasteiger partial charge in [0.1, 0.15) is 9.88 Å².